The summed E-state index contributed by atoms with van der Waals surface area (Å²) in [7, 11) is 0. The largest absolute Gasteiger partial charge is 0.486 e. The molecule has 108 valence electrons. The maximum absolute atomic E-state index is 5.69. The molecule has 0 bridgehead atoms. The molecule has 1 aromatic heterocycles. The Balaban J connectivity index is 1.83. The van der Waals surface area contributed by atoms with Crippen molar-refractivity contribution < 1.29 is 9.26 Å². The van der Waals surface area contributed by atoms with E-state index in [1.165, 1.54) is 5.56 Å². The summed E-state index contributed by atoms with van der Waals surface area (Å²) in [5.74, 6) is 1.60. The minimum atomic E-state index is 0.409. The molecule has 1 N–H and O–H groups in total. The zero-order chi connectivity index (χ0) is 14.2. The van der Waals surface area contributed by atoms with E-state index in [0.29, 0.717) is 6.61 Å². The molecular weight excluding hydrogens is 252 g/mol. The van der Waals surface area contributed by atoms with Crippen molar-refractivity contribution in [3.05, 3.63) is 47.3 Å². The molecule has 20 heavy (non-hydrogen) atoms. The van der Waals surface area contributed by atoms with E-state index in [4.69, 9.17) is 9.26 Å². The van der Waals surface area contributed by atoms with Gasteiger partial charge in [0, 0.05) is 12.6 Å². The Morgan fingerprint density at radius 3 is 2.70 bits per heavy atom. The molecule has 4 nitrogen and oxygen atoms in total. The van der Waals surface area contributed by atoms with E-state index < -0.39 is 0 Å². The molecule has 0 amide bonds. The smallest absolute Gasteiger partial charge is 0.174 e. The van der Waals surface area contributed by atoms with Crippen molar-refractivity contribution in [2.75, 3.05) is 6.54 Å². The van der Waals surface area contributed by atoms with Gasteiger partial charge in [-0.3, -0.25) is 0 Å². The van der Waals surface area contributed by atoms with Gasteiger partial charge in [0.25, 0.3) is 0 Å². The first-order valence-electron chi connectivity index (χ1n) is 7.18. The highest BCUT2D eigenvalue weighted by Crippen LogP contribution is 2.15. The molecule has 0 radical (unpaired) electrons. The van der Waals surface area contributed by atoms with Crippen molar-refractivity contribution in [3.8, 4) is 5.75 Å². The van der Waals surface area contributed by atoms with Crippen LogP contribution in [0.4, 0.5) is 0 Å². The molecule has 4 heteroatoms. The second-order valence-electron chi connectivity index (χ2n) is 4.75. The van der Waals surface area contributed by atoms with Crippen LogP contribution in [0.2, 0.25) is 0 Å². The van der Waals surface area contributed by atoms with Crippen molar-refractivity contribution in [2.24, 2.45) is 0 Å². The fraction of sp³-hybridized carbons (Fsp3) is 0.438. The Morgan fingerprint density at radius 2 is 2.00 bits per heavy atom. The topological polar surface area (TPSA) is 47.3 Å². The summed E-state index contributed by atoms with van der Waals surface area (Å²) >= 11 is 0. The predicted molar refractivity (Wildman–Crippen MR) is 78.7 cm³/mol. The number of nitrogens with zero attached hydrogens (tertiary/aromatic N) is 1. The van der Waals surface area contributed by atoms with Gasteiger partial charge in [0.05, 0.1) is 5.69 Å². The van der Waals surface area contributed by atoms with Gasteiger partial charge in [-0.2, -0.15) is 0 Å². The lowest BCUT2D eigenvalue weighted by atomic mass is 10.1. The van der Waals surface area contributed by atoms with Gasteiger partial charge < -0.3 is 14.6 Å². The van der Waals surface area contributed by atoms with Crippen LogP contribution in [0.5, 0.6) is 5.75 Å². The molecule has 0 aliphatic heterocycles. The molecule has 0 aliphatic rings. The Bertz CT molecular complexity index is 505. The van der Waals surface area contributed by atoms with E-state index in [1.54, 1.807) is 0 Å². The van der Waals surface area contributed by atoms with Gasteiger partial charge in [-0.15, -0.1) is 0 Å². The van der Waals surface area contributed by atoms with Crippen LogP contribution in [0.3, 0.4) is 0 Å². The molecule has 0 unspecified atom stereocenters. The fourth-order valence-electron chi connectivity index (χ4n) is 1.96. The van der Waals surface area contributed by atoms with Crippen molar-refractivity contribution in [2.45, 2.75) is 39.8 Å². The number of hydrogen-bond donors (Lipinski definition) is 1. The molecular formula is C16H22N2O2. The summed E-state index contributed by atoms with van der Waals surface area (Å²) < 4.78 is 10.9. The maximum Gasteiger partial charge on any atom is 0.174 e. The Hall–Kier alpha value is -1.81. The summed E-state index contributed by atoms with van der Waals surface area (Å²) in [5, 5.41) is 7.19. The fourth-order valence-corrected chi connectivity index (χ4v) is 1.96. The predicted octanol–water partition coefficient (Wildman–Crippen LogP) is 3.32. The van der Waals surface area contributed by atoms with Crippen LogP contribution < -0.4 is 10.1 Å². The second-order valence-corrected chi connectivity index (χ2v) is 4.75. The van der Waals surface area contributed by atoms with E-state index in [9.17, 15) is 0 Å². The molecule has 2 rings (SSSR count). The highest BCUT2D eigenvalue weighted by Gasteiger charge is 2.04. The molecule has 2 aromatic rings. The molecule has 0 atom stereocenters. The first kappa shape index (κ1) is 14.6. The zero-order valence-corrected chi connectivity index (χ0v) is 12.2. The van der Waals surface area contributed by atoms with Crippen LogP contribution in [0.25, 0.3) is 0 Å². The molecule has 0 saturated heterocycles. The first-order valence-corrected chi connectivity index (χ1v) is 7.18. The quantitative estimate of drug-likeness (QED) is 0.802. The Kier molecular flexibility index (Phi) is 5.62. The van der Waals surface area contributed by atoms with Gasteiger partial charge in [-0.05, 0) is 30.7 Å². The van der Waals surface area contributed by atoms with Crippen LogP contribution in [-0.2, 0) is 19.6 Å². The third-order valence-corrected chi connectivity index (χ3v) is 3.01. The van der Waals surface area contributed by atoms with Crippen LogP contribution in [0, 0.1) is 0 Å². The van der Waals surface area contributed by atoms with Gasteiger partial charge in [0.2, 0.25) is 0 Å². The number of aromatic nitrogens is 1. The van der Waals surface area contributed by atoms with Gasteiger partial charge in [-0.25, -0.2) is 0 Å². The van der Waals surface area contributed by atoms with Gasteiger partial charge in [0.1, 0.15) is 12.4 Å². The highest BCUT2D eigenvalue weighted by molar-refractivity contribution is 5.27. The SMILES string of the molecule is CCCc1ccc(OCc2cc(CNCC)no2)cc1. The van der Waals surface area contributed by atoms with Crippen molar-refractivity contribution in [1.82, 2.24) is 10.5 Å². The Morgan fingerprint density at radius 1 is 1.20 bits per heavy atom. The third kappa shape index (κ3) is 4.38. The molecule has 0 aliphatic carbocycles. The van der Waals surface area contributed by atoms with Gasteiger partial charge in [-0.1, -0.05) is 37.6 Å². The van der Waals surface area contributed by atoms with Crippen LogP contribution in [-0.4, -0.2) is 11.7 Å². The monoisotopic (exact) mass is 274 g/mol. The minimum Gasteiger partial charge on any atom is -0.486 e. The van der Waals surface area contributed by atoms with Gasteiger partial charge >= 0.3 is 0 Å². The number of nitrogens with one attached hydrogen (secondary N) is 1. The lowest BCUT2D eigenvalue weighted by Gasteiger charge is -2.04. The molecule has 0 spiro atoms. The summed E-state index contributed by atoms with van der Waals surface area (Å²) in [6.07, 6.45) is 2.27. The van der Waals surface area contributed by atoms with Crippen LogP contribution in [0.1, 0.15) is 37.3 Å². The summed E-state index contributed by atoms with van der Waals surface area (Å²) in [6.45, 7) is 6.30. The molecule has 1 heterocycles. The standard InChI is InChI=1S/C16H22N2O2/c1-3-5-13-6-8-15(9-7-13)19-12-16-10-14(18-20-16)11-17-4-2/h6-10,17H,3-5,11-12H2,1-2H3. The summed E-state index contributed by atoms with van der Waals surface area (Å²) in [5.41, 5.74) is 2.25. The first-order chi connectivity index (χ1) is 9.81. The third-order valence-electron chi connectivity index (χ3n) is 3.01. The van der Waals surface area contributed by atoms with E-state index in [0.717, 1.165) is 43.1 Å². The van der Waals surface area contributed by atoms with Gasteiger partial charge in [0.15, 0.2) is 5.76 Å². The maximum atomic E-state index is 5.69. The molecule has 1 aromatic carbocycles. The van der Waals surface area contributed by atoms with E-state index in [1.807, 2.05) is 18.2 Å². The summed E-state index contributed by atoms with van der Waals surface area (Å²) in [4.78, 5) is 0. The zero-order valence-electron chi connectivity index (χ0n) is 12.2. The number of rotatable bonds is 8. The lowest BCUT2D eigenvalue weighted by molar-refractivity contribution is 0.248. The van der Waals surface area contributed by atoms with Crippen molar-refractivity contribution in [1.29, 1.82) is 0 Å². The lowest BCUT2D eigenvalue weighted by Crippen LogP contribution is -2.11. The van der Waals surface area contributed by atoms with Crippen molar-refractivity contribution in [3.63, 3.8) is 0 Å². The number of hydrogen-bond acceptors (Lipinski definition) is 4. The molecule has 0 saturated carbocycles. The van der Waals surface area contributed by atoms with Crippen LogP contribution in [0.15, 0.2) is 34.9 Å². The number of aryl methyl sites for hydroxylation is 1. The average Bonchev–Trinajstić information content (AvgIpc) is 2.93. The second kappa shape index (κ2) is 7.70. The van der Waals surface area contributed by atoms with E-state index >= 15 is 0 Å². The summed E-state index contributed by atoms with van der Waals surface area (Å²) in [6, 6.07) is 10.1. The Labute approximate surface area is 120 Å². The van der Waals surface area contributed by atoms with E-state index in [-0.39, 0.29) is 0 Å². The number of ether oxygens (including phenoxy) is 1. The van der Waals surface area contributed by atoms with Crippen molar-refractivity contribution >= 4 is 0 Å². The number of benzene rings is 1. The minimum absolute atomic E-state index is 0.409. The van der Waals surface area contributed by atoms with Crippen LogP contribution >= 0.6 is 0 Å². The molecule has 0 fully saturated rings. The highest BCUT2D eigenvalue weighted by atomic mass is 16.5. The average molecular weight is 274 g/mol. The normalized spacial score (nSPS) is 10.7. The van der Waals surface area contributed by atoms with E-state index in [2.05, 4.69) is 36.5 Å².